The summed E-state index contributed by atoms with van der Waals surface area (Å²) in [5.74, 6) is 0.0807. The Morgan fingerprint density at radius 1 is 1.10 bits per heavy atom. The van der Waals surface area contributed by atoms with Gasteiger partial charge in [-0.25, -0.2) is 9.59 Å². The van der Waals surface area contributed by atoms with E-state index in [2.05, 4.69) is 28.8 Å². The van der Waals surface area contributed by atoms with Crippen LogP contribution in [0.5, 0.6) is 0 Å². The molecule has 162 valence electrons. The zero-order valence-electron chi connectivity index (χ0n) is 18.4. The van der Waals surface area contributed by atoms with Gasteiger partial charge in [-0.2, -0.15) is 0 Å². The number of carbonyl (C=O) groups excluding carboxylic acids is 2. The molecular weight excluding hydrogens is 376 g/mol. The first-order valence-corrected chi connectivity index (χ1v) is 11.1. The second-order valence-electron chi connectivity index (χ2n) is 8.52. The minimum atomic E-state index is -0.987. The molecule has 2 atom stereocenters. The lowest BCUT2D eigenvalue weighted by Crippen LogP contribution is -2.58. The monoisotopic (exact) mass is 410 g/mol. The number of esters is 1. The van der Waals surface area contributed by atoms with Crippen LogP contribution in [0.15, 0.2) is 42.5 Å². The number of nitrogens with one attached hydrogen (secondary N) is 2. The zero-order chi connectivity index (χ0) is 21.6. The first kappa shape index (κ1) is 22.1. The fraction of sp³-hybridized carbons (Fsp3) is 0.520. The Morgan fingerprint density at radius 2 is 1.80 bits per heavy atom. The standard InChI is InChI=1S/C25H34N2O3/c1-4-25(23(28)30-3,17-19-11-6-5-7-12-19)27-24(29)26-18(2)21-16-10-14-20-13-8-9-15-22(20)21/h8-10,13-16,18-19H,4-7,11-12,17H2,1-3H3,(H2,26,27,29)/t18-,25-/m0/s1. The molecular formula is C25H34N2O3. The molecule has 0 aliphatic heterocycles. The molecule has 0 heterocycles. The first-order valence-electron chi connectivity index (χ1n) is 11.1. The molecule has 1 fully saturated rings. The Balaban J connectivity index is 1.75. The molecule has 0 saturated heterocycles. The van der Waals surface area contributed by atoms with Crippen molar-refractivity contribution in [3.05, 3.63) is 48.0 Å². The summed E-state index contributed by atoms with van der Waals surface area (Å²) in [4.78, 5) is 25.7. The minimum absolute atomic E-state index is 0.196. The van der Waals surface area contributed by atoms with E-state index in [-0.39, 0.29) is 18.0 Å². The number of methoxy groups -OCH3 is 1. The van der Waals surface area contributed by atoms with Crippen molar-refractivity contribution in [3.63, 3.8) is 0 Å². The average Bonchev–Trinajstić information content (AvgIpc) is 2.78. The van der Waals surface area contributed by atoms with Crippen molar-refractivity contribution >= 4 is 22.8 Å². The molecule has 2 N–H and O–H groups in total. The van der Waals surface area contributed by atoms with Crippen LogP contribution in [0.2, 0.25) is 0 Å². The van der Waals surface area contributed by atoms with Crippen LogP contribution in [0.1, 0.15) is 70.4 Å². The predicted octanol–water partition coefficient (Wildman–Crippen LogP) is 5.49. The molecule has 3 rings (SSSR count). The van der Waals surface area contributed by atoms with Crippen LogP contribution in [0.4, 0.5) is 4.79 Å². The van der Waals surface area contributed by atoms with Crippen LogP contribution in [0, 0.1) is 5.92 Å². The van der Waals surface area contributed by atoms with Gasteiger partial charge < -0.3 is 15.4 Å². The second kappa shape index (κ2) is 9.96. The van der Waals surface area contributed by atoms with Crippen molar-refractivity contribution in [1.82, 2.24) is 10.6 Å². The van der Waals surface area contributed by atoms with Crippen molar-refractivity contribution in [1.29, 1.82) is 0 Å². The molecule has 0 spiro atoms. The van der Waals surface area contributed by atoms with E-state index in [4.69, 9.17) is 4.74 Å². The molecule has 0 unspecified atom stereocenters. The van der Waals surface area contributed by atoms with Crippen LogP contribution in [-0.4, -0.2) is 24.6 Å². The first-order chi connectivity index (χ1) is 14.5. The van der Waals surface area contributed by atoms with E-state index in [1.165, 1.54) is 26.4 Å². The van der Waals surface area contributed by atoms with E-state index in [9.17, 15) is 9.59 Å². The molecule has 2 aromatic rings. The van der Waals surface area contributed by atoms with Crippen molar-refractivity contribution in [2.24, 2.45) is 5.92 Å². The van der Waals surface area contributed by atoms with E-state index in [1.807, 2.05) is 38.1 Å². The van der Waals surface area contributed by atoms with Gasteiger partial charge in [-0.05, 0) is 42.0 Å². The lowest BCUT2D eigenvalue weighted by Gasteiger charge is -2.36. The lowest BCUT2D eigenvalue weighted by atomic mass is 9.78. The van der Waals surface area contributed by atoms with Crippen molar-refractivity contribution < 1.29 is 14.3 Å². The number of rotatable bonds is 7. The Hall–Kier alpha value is -2.56. The molecule has 0 bridgehead atoms. The maximum Gasteiger partial charge on any atom is 0.331 e. The van der Waals surface area contributed by atoms with Gasteiger partial charge in [0, 0.05) is 0 Å². The number of ether oxygens (including phenoxy) is 1. The molecule has 0 radical (unpaired) electrons. The SMILES string of the molecule is CC[C@@](CC1CCCCC1)(NC(=O)N[C@@H](C)c1cccc2ccccc12)C(=O)OC. The van der Waals surface area contributed by atoms with E-state index in [0.717, 1.165) is 29.2 Å². The van der Waals surface area contributed by atoms with Crippen LogP contribution in [-0.2, 0) is 9.53 Å². The summed E-state index contributed by atoms with van der Waals surface area (Å²) in [6.45, 7) is 3.91. The molecule has 2 aromatic carbocycles. The van der Waals surface area contributed by atoms with Crippen LogP contribution in [0.3, 0.4) is 0 Å². The summed E-state index contributed by atoms with van der Waals surface area (Å²) in [5, 5.41) is 8.29. The number of carbonyl (C=O) groups is 2. The quantitative estimate of drug-likeness (QED) is 0.593. The highest BCUT2D eigenvalue weighted by molar-refractivity contribution is 5.89. The third kappa shape index (κ3) is 4.94. The van der Waals surface area contributed by atoms with E-state index >= 15 is 0 Å². The van der Waals surface area contributed by atoms with Gasteiger partial charge >= 0.3 is 12.0 Å². The molecule has 5 heteroatoms. The third-order valence-electron chi connectivity index (χ3n) is 6.53. The summed E-state index contributed by atoms with van der Waals surface area (Å²) < 4.78 is 5.11. The van der Waals surface area contributed by atoms with Gasteiger partial charge in [-0.15, -0.1) is 0 Å². The number of urea groups is 1. The van der Waals surface area contributed by atoms with Crippen LogP contribution < -0.4 is 10.6 Å². The predicted molar refractivity (Wildman–Crippen MR) is 120 cm³/mol. The van der Waals surface area contributed by atoms with Gasteiger partial charge in [0.15, 0.2) is 0 Å². The molecule has 2 amide bonds. The summed E-state index contributed by atoms with van der Waals surface area (Å²) >= 11 is 0. The Labute approximate surface area is 179 Å². The largest absolute Gasteiger partial charge is 0.467 e. The molecule has 1 aliphatic rings. The zero-order valence-corrected chi connectivity index (χ0v) is 18.4. The van der Waals surface area contributed by atoms with E-state index in [0.29, 0.717) is 18.8 Å². The summed E-state index contributed by atoms with van der Waals surface area (Å²) in [5.41, 5.74) is 0.0648. The fourth-order valence-electron chi connectivity index (χ4n) is 4.80. The van der Waals surface area contributed by atoms with Crippen molar-refractivity contribution in [2.45, 2.75) is 70.4 Å². The maximum absolute atomic E-state index is 13.0. The fourth-order valence-corrected chi connectivity index (χ4v) is 4.80. The van der Waals surface area contributed by atoms with Gasteiger partial charge in [0.25, 0.3) is 0 Å². The Kier molecular flexibility index (Phi) is 7.35. The van der Waals surface area contributed by atoms with Gasteiger partial charge in [-0.3, -0.25) is 0 Å². The lowest BCUT2D eigenvalue weighted by molar-refractivity contribution is -0.149. The molecule has 0 aromatic heterocycles. The van der Waals surface area contributed by atoms with E-state index in [1.54, 1.807) is 0 Å². The highest BCUT2D eigenvalue weighted by atomic mass is 16.5. The highest BCUT2D eigenvalue weighted by Gasteiger charge is 2.41. The third-order valence-corrected chi connectivity index (χ3v) is 6.53. The van der Waals surface area contributed by atoms with Crippen LogP contribution >= 0.6 is 0 Å². The number of amides is 2. The number of hydrogen-bond donors (Lipinski definition) is 2. The molecule has 1 aliphatic carbocycles. The van der Waals surface area contributed by atoms with E-state index < -0.39 is 5.54 Å². The normalized spacial score (nSPS) is 17.7. The molecule has 5 nitrogen and oxygen atoms in total. The van der Waals surface area contributed by atoms with Crippen LogP contribution in [0.25, 0.3) is 10.8 Å². The summed E-state index contributed by atoms with van der Waals surface area (Å²) in [6, 6.07) is 13.7. The van der Waals surface area contributed by atoms with Gasteiger partial charge in [0.1, 0.15) is 5.54 Å². The minimum Gasteiger partial charge on any atom is -0.467 e. The summed E-state index contributed by atoms with van der Waals surface area (Å²) in [7, 11) is 1.39. The Bertz CT molecular complexity index is 870. The smallest absolute Gasteiger partial charge is 0.331 e. The average molecular weight is 411 g/mol. The molecule has 1 saturated carbocycles. The maximum atomic E-state index is 13.0. The number of benzene rings is 2. The van der Waals surface area contributed by atoms with Gasteiger partial charge in [0.05, 0.1) is 13.2 Å². The second-order valence-corrected chi connectivity index (χ2v) is 8.52. The van der Waals surface area contributed by atoms with Crippen molar-refractivity contribution in [3.8, 4) is 0 Å². The van der Waals surface area contributed by atoms with Gasteiger partial charge in [-0.1, -0.05) is 81.5 Å². The topological polar surface area (TPSA) is 67.4 Å². The summed E-state index contributed by atoms with van der Waals surface area (Å²) in [6.07, 6.45) is 6.98. The molecule has 30 heavy (non-hydrogen) atoms. The highest BCUT2D eigenvalue weighted by Crippen LogP contribution is 2.33. The Morgan fingerprint density at radius 3 is 2.50 bits per heavy atom. The number of fused-ring (bicyclic) bond motifs is 1. The van der Waals surface area contributed by atoms with Gasteiger partial charge in [0.2, 0.25) is 0 Å². The van der Waals surface area contributed by atoms with Crippen molar-refractivity contribution in [2.75, 3.05) is 7.11 Å². The number of hydrogen-bond acceptors (Lipinski definition) is 3.